The molecule has 0 aliphatic rings. The molecule has 20 heavy (non-hydrogen) atoms. The topological polar surface area (TPSA) is 67.8 Å². The van der Waals surface area contributed by atoms with E-state index in [0.29, 0.717) is 13.2 Å². The van der Waals surface area contributed by atoms with Crippen LogP contribution in [0.15, 0.2) is 12.1 Å². The van der Waals surface area contributed by atoms with Gasteiger partial charge in [0.2, 0.25) is 0 Å². The lowest BCUT2D eigenvalue weighted by molar-refractivity contribution is -0.123. The molecule has 0 unspecified atom stereocenters. The third kappa shape index (κ3) is 5.59. The van der Waals surface area contributed by atoms with Crippen LogP contribution in [-0.4, -0.2) is 44.0 Å². The zero-order valence-electron chi connectivity index (χ0n) is 12.4. The number of nitrogens with one attached hydrogen (secondary N) is 1. The number of carbonyl (C=O) groups is 1. The molecule has 1 rings (SSSR count). The Kier molecular flexibility index (Phi) is 7.04. The van der Waals surface area contributed by atoms with Crippen LogP contribution in [-0.2, 0) is 9.53 Å². The van der Waals surface area contributed by atoms with E-state index in [1.54, 1.807) is 0 Å². The first kappa shape index (κ1) is 16.5. The summed E-state index contributed by atoms with van der Waals surface area (Å²) in [5, 5.41) is 11.2. The summed E-state index contributed by atoms with van der Waals surface area (Å²) in [5.41, 5.74) is 3.24. The molecule has 0 bridgehead atoms. The van der Waals surface area contributed by atoms with Crippen LogP contribution in [0.5, 0.6) is 5.75 Å². The molecule has 0 atom stereocenters. The predicted molar refractivity (Wildman–Crippen MR) is 77.1 cm³/mol. The van der Waals surface area contributed by atoms with E-state index in [0.717, 1.165) is 16.9 Å². The smallest absolute Gasteiger partial charge is 0.258 e. The summed E-state index contributed by atoms with van der Waals surface area (Å²) < 4.78 is 10.6. The molecular formula is C15H23NO4. The van der Waals surface area contributed by atoms with E-state index >= 15 is 0 Å². The Bertz CT molecular complexity index is 422. The fraction of sp³-hybridized carbons (Fsp3) is 0.533. The lowest BCUT2D eigenvalue weighted by Crippen LogP contribution is -2.32. The summed E-state index contributed by atoms with van der Waals surface area (Å²) in [7, 11) is 0. The molecule has 112 valence electrons. The molecule has 5 heteroatoms. The van der Waals surface area contributed by atoms with E-state index in [9.17, 15) is 4.79 Å². The molecule has 0 saturated heterocycles. The normalized spacial score (nSPS) is 10.4. The van der Waals surface area contributed by atoms with Gasteiger partial charge in [-0.05, 0) is 31.9 Å². The average molecular weight is 281 g/mol. The van der Waals surface area contributed by atoms with Crippen molar-refractivity contribution in [3.05, 3.63) is 28.8 Å². The molecule has 1 aromatic carbocycles. The number of hydrogen-bond acceptors (Lipinski definition) is 4. The Morgan fingerprint density at radius 2 is 1.85 bits per heavy atom. The van der Waals surface area contributed by atoms with Gasteiger partial charge in [-0.3, -0.25) is 4.79 Å². The quantitative estimate of drug-likeness (QED) is 0.701. The number of hydrogen-bond donors (Lipinski definition) is 2. The first-order chi connectivity index (χ1) is 9.54. The number of benzene rings is 1. The Morgan fingerprint density at radius 3 is 2.45 bits per heavy atom. The lowest BCUT2D eigenvalue weighted by atomic mass is 10.1. The van der Waals surface area contributed by atoms with Crippen LogP contribution in [0.2, 0.25) is 0 Å². The monoisotopic (exact) mass is 281 g/mol. The van der Waals surface area contributed by atoms with Crippen LogP contribution in [0.25, 0.3) is 0 Å². The Morgan fingerprint density at radius 1 is 1.20 bits per heavy atom. The summed E-state index contributed by atoms with van der Waals surface area (Å²) in [5.74, 6) is 0.583. The maximum absolute atomic E-state index is 11.6. The number of ether oxygens (including phenoxy) is 2. The van der Waals surface area contributed by atoms with Gasteiger partial charge in [0.1, 0.15) is 5.75 Å². The van der Waals surface area contributed by atoms with Crippen molar-refractivity contribution in [2.75, 3.05) is 33.0 Å². The highest BCUT2D eigenvalue weighted by Crippen LogP contribution is 2.24. The molecule has 0 saturated carbocycles. The second-order valence-electron chi connectivity index (χ2n) is 4.70. The zero-order valence-corrected chi connectivity index (χ0v) is 12.4. The van der Waals surface area contributed by atoms with Gasteiger partial charge in [-0.1, -0.05) is 17.7 Å². The zero-order chi connectivity index (χ0) is 15.0. The molecule has 0 radical (unpaired) electrons. The molecule has 0 heterocycles. The SMILES string of the molecule is Cc1cc(C)c(OCC(=O)NCCOCCO)c(C)c1. The minimum atomic E-state index is -0.183. The maximum Gasteiger partial charge on any atom is 0.258 e. The molecule has 1 aromatic rings. The summed E-state index contributed by atoms with van der Waals surface area (Å²) in [6.07, 6.45) is 0. The van der Waals surface area contributed by atoms with Crippen LogP contribution < -0.4 is 10.1 Å². The van der Waals surface area contributed by atoms with Crippen LogP contribution in [0, 0.1) is 20.8 Å². The maximum atomic E-state index is 11.6. The largest absolute Gasteiger partial charge is 0.483 e. The first-order valence-corrected chi connectivity index (χ1v) is 6.70. The number of rotatable bonds is 8. The van der Waals surface area contributed by atoms with E-state index in [-0.39, 0.29) is 25.7 Å². The van der Waals surface area contributed by atoms with Gasteiger partial charge in [0.05, 0.1) is 19.8 Å². The molecule has 0 spiro atoms. The number of aliphatic hydroxyl groups is 1. The molecular weight excluding hydrogens is 258 g/mol. The van der Waals surface area contributed by atoms with E-state index in [2.05, 4.69) is 5.32 Å². The van der Waals surface area contributed by atoms with Gasteiger partial charge in [0.15, 0.2) is 6.61 Å². The highest BCUT2D eigenvalue weighted by Gasteiger charge is 2.07. The standard InChI is InChI=1S/C15H23NO4/c1-11-8-12(2)15(13(3)9-11)20-10-14(18)16-4-6-19-7-5-17/h8-9,17H,4-7,10H2,1-3H3,(H,16,18). The second-order valence-corrected chi connectivity index (χ2v) is 4.70. The Labute approximate surface area is 119 Å². The minimum absolute atomic E-state index is 0.00919. The van der Waals surface area contributed by atoms with Crippen molar-refractivity contribution < 1.29 is 19.4 Å². The summed E-state index contributed by atoms with van der Waals surface area (Å²) in [4.78, 5) is 11.6. The number of amides is 1. The van der Waals surface area contributed by atoms with Crippen molar-refractivity contribution in [1.82, 2.24) is 5.32 Å². The van der Waals surface area contributed by atoms with Crippen molar-refractivity contribution in [1.29, 1.82) is 0 Å². The van der Waals surface area contributed by atoms with Crippen molar-refractivity contribution in [3.63, 3.8) is 0 Å². The summed E-state index contributed by atoms with van der Waals surface area (Å²) in [6.45, 7) is 7.03. The van der Waals surface area contributed by atoms with Crippen molar-refractivity contribution in [2.24, 2.45) is 0 Å². The molecule has 5 nitrogen and oxygen atoms in total. The molecule has 2 N–H and O–H groups in total. The second kappa shape index (κ2) is 8.55. The molecule has 0 aliphatic heterocycles. The van der Waals surface area contributed by atoms with E-state index in [1.165, 1.54) is 5.56 Å². The third-order valence-electron chi connectivity index (χ3n) is 2.76. The average Bonchev–Trinajstić information content (AvgIpc) is 2.37. The van der Waals surface area contributed by atoms with Gasteiger partial charge in [0, 0.05) is 6.54 Å². The highest BCUT2D eigenvalue weighted by molar-refractivity contribution is 5.77. The Hall–Kier alpha value is -1.59. The Balaban J connectivity index is 2.34. The van der Waals surface area contributed by atoms with Gasteiger partial charge in [0.25, 0.3) is 5.91 Å². The molecule has 1 amide bonds. The first-order valence-electron chi connectivity index (χ1n) is 6.70. The number of carbonyl (C=O) groups excluding carboxylic acids is 1. The van der Waals surface area contributed by atoms with Crippen molar-refractivity contribution in [2.45, 2.75) is 20.8 Å². The lowest BCUT2D eigenvalue weighted by Gasteiger charge is -2.13. The molecule has 0 aliphatic carbocycles. The minimum Gasteiger partial charge on any atom is -0.483 e. The van der Waals surface area contributed by atoms with E-state index in [1.807, 2.05) is 32.9 Å². The summed E-state index contributed by atoms with van der Waals surface area (Å²) >= 11 is 0. The van der Waals surface area contributed by atoms with E-state index in [4.69, 9.17) is 14.6 Å². The van der Waals surface area contributed by atoms with Crippen LogP contribution >= 0.6 is 0 Å². The summed E-state index contributed by atoms with van der Waals surface area (Å²) in [6, 6.07) is 4.06. The van der Waals surface area contributed by atoms with Crippen molar-refractivity contribution >= 4 is 5.91 Å². The molecule has 0 fully saturated rings. The fourth-order valence-corrected chi connectivity index (χ4v) is 2.01. The van der Waals surface area contributed by atoms with Crippen LogP contribution in [0.4, 0.5) is 0 Å². The van der Waals surface area contributed by atoms with Gasteiger partial charge in [-0.25, -0.2) is 0 Å². The number of aliphatic hydroxyl groups excluding tert-OH is 1. The fourth-order valence-electron chi connectivity index (χ4n) is 2.01. The van der Waals surface area contributed by atoms with Crippen LogP contribution in [0.3, 0.4) is 0 Å². The predicted octanol–water partition coefficient (Wildman–Crippen LogP) is 1.12. The van der Waals surface area contributed by atoms with Gasteiger partial charge >= 0.3 is 0 Å². The third-order valence-corrected chi connectivity index (χ3v) is 2.76. The van der Waals surface area contributed by atoms with Crippen molar-refractivity contribution in [3.8, 4) is 5.75 Å². The number of aryl methyl sites for hydroxylation is 3. The van der Waals surface area contributed by atoms with Gasteiger partial charge in [-0.2, -0.15) is 0 Å². The van der Waals surface area contributed by atoms with Gasteiger partial charge in [-0.15, -0.1) is 0 Å². The van der Waals surface area contributed by atoms with E-state index < -0.39 is 0 Å². The molecule has 0 aromatic heterocycles. The van der Waals surface area contributed by atoms with Crippen LogP contribution in [0.1, 0.15) is 16.7 Å². The highest BCUT2D eigenvalue weighted by atomic mass is 16.5. The van der Waals surface area contributed by atoms with Gasteiger partial charge < -0.3 is 19.9 Å².